The number of nitrogens with zero attached hydrogens (tertiary/aromatic N) is 2. The maximum absolute atomic E-state index is 13.7. The number of carbonyl (C=O) groups is 2. The van der Waals surface area contributed by atoms with Gasteiger partial charge in [-0.05, 0) is 42.7 Å². The highest BCUT2D eigenvalue weighted by molar-refractivity contribution is 6.30. The molecule has 9 nitrogen and oxygen atoms in total. The van der Waals surface area contributed by atoms with E-state index < -0.39 is 23.5 Å². The normalized spacial score (nSPS) is 12.2. The zero-order valence-electron chi connectivity index (χ0n) is 22.1. The van der Waals surface area contributed by atoms with E-state index >= 15 is 0 Å². The Morgan fingerprint density at radius 2 is 1.77 bits per heavy atom. The lowest BCUT2D eigenvalue weighted by Gasteiger charge is -2.32. The number of rotatable bonds is 13. The van der Waals surface area contributed by atoms with Crippen LogP contribution in [0.3, 0.4) is 0 Å². The van der Waals surface area contributed by atoms with Crippen molar-refractivity contribution in [3.63, 3.8) is 0 Å². The van der Waals surface area contributed by atoms with Crippen molar-refractivity contribution in [1.29, 1.82) is 0 Å². The van der Waals surface area contributed by atoms with Gasteiger partial charge >= 0.3 is 5.69 Å². The van der Waals surface area contributed by atoms with E-state index in [0.717, 1.165) is 17.5 Å². The van der Waals surface area contributed by atoms with Gasteiger partial charge in [0.1, 0.15) is 11.8 Å². The van der Waals surface area contributed by atoms with Crippen molar-refractivity contribution in [2.75, 3.05) is 13.7 Å². The number of hydrogen-bond acceptors (Lipinski definition) is 6. The van der Waals surface area contributed by atoms with Crippen molar-refractivity contribution in [2.24, 2.45) is 0 Å². The van der Waals surface area contributed by atoms with Gasteiger partial charge in [-0.1, -0.05) is 61.0 Å². The molecule has 3 aromatic carbocycles. The number of nitro benzene ring substituents is 1. The van der Waals surface area contributed by atoms with Crippen LogP contribution in [0.2, 0.25) is 5.02 Å². The summed E-state index contributed by atoms with van der Waals surface area (Å²) >= 11 is 6.20. The predicted molar refractivity (Wildman–Crippen MR) is 149 cm³/mol. The minimum atomic E-state index is -0.831. The zero-order chi connectivity index (χ0) is 28.4. The van der Waals surface area contributed by atoms with Crippen LogP contribution in [-0.4, -0.2) is 47.4 Å². The largest absolute Gasteiger partial charge is 0.490 e. The van der Waals surface area contributed by atoms with Gasteiger partial charge in [0.25, 0.3) is 5.91 Å². The number of nitro groups is 1. The Bertz CT molecular complexity index is 1290. The van der Waals surface area contributed by atoms with E-state index in [-0.39, 0.29) is 35.7 Å². The maximum atomic E-state index is 13.7. The summed E-state index contributed by atoms with van der Waals surface area (Å²) in [5.74, 6) is -0.485. The standard InChI is InChI=1S/C29H32ClN3O6/c1-4-20(2)31-29(35)26(16-21-9-6-5-7-10-21)32(18-22-11-8-12-23(30)15-22)28(34)19-39-24-13-14-25(33(36)37)27(17-24)38-3/h5-15,17,20,26H,4,16,18-19H2,1-3H3,(H,31,35)/t20-,26-/m1/s1. The van der Waals surface area contributed by atoms with Gasteiger partial charge in [0, 0.05) is 36.2 Å². The first-order valence-electron chi connectivity index (χ1n) is 12.5. The highest BCUT2D eigenvalue weighted by Crippen LogP contribution is 2.31. The van der Waals surface area contributed by atoms with Gasteiger partial charge in [-0.2, -0.15) is 0 Å². The molecule has 39 heavy (non-hydrogen) atoms. The second kappa shape index (κ2) is 14.2. The summed E-state index contributed by atoms with van der Waals surface area (Å²) in [7, 11) is 1.31. The Kier molecular flexibility index (Phi) is 10.7. The molecule has 2 atom stereocenters. The molecule has 0 fully saturated rings. The quantitative estimate of drug-likeness (QED) is 0.230. The Morgan fingerprint density at radius 1 is 1.05 bits per heavy atom. The summed E-state index contributed by atoms with van der Waals surface area (Å²) in [6, 6.07) is 19.7. The smallest absolute Gasteiger partial charge is 0.311 e. The summed E-state index contributed by atoms with van der Waals surface area (Å²) in [5.41, 5.74) is 1.43. The number of ether oxygens (including phenoxy) is 2. The van der Waals surface area contributed by atoms with Crippen molar-refractivity contribution in [1.82, 2.24) is 10.2 Å². The van der Waals surface area contributed by atoms with Crippen molar-refractivity contribution >= 4 is 29.1 Å². The first-order chi connectivity index (χ1) is 18.7. The molecule has 0 unspecified atom stereocenters. The molecule has 0 aromatic heterocycles. The molecule has 3 aromatic rings. The van der Waals surface area contributed by atoms with Crippen molar-refractivity contribution in [2.45, 2.75) is 45.3 Å². The van der Waals surface area contributed by atoms with Crippen molar-refractivity contribution in [3.05, 3.63) is 99.1 Å². The van der Waals surface area contributed by atoms with E-state index in [1.54, 1.807) is 18.2 Å². The fourth-order valence-corrected chi connectivity index (χ4v) is 4.17. The van der Waals surface area contributed by atoms with Gasteiger partial charge in [0.15, 0.2) is 6.61 Å². The molecule has 0 aliphatic heterocycles. The maximum Gasteiger partial charge on any atom is 0.311 e. The SMILES string of the molecule is CC[C@@H](C)NC(=O)[C@@H](Cc1ccccc1)N(Cc1cccc(Cl)c1)C(=O)COc1ccc([N+](=O)[O-])c(OC)c1. The van der Waals surface area contributed by atoms with Gasteiger partial charge in [-0.3, -0.25) is 19.7 Å². The van der Waals surface area contributed by atoms with Crippen molar-refractivity contribution < 1.29 is 24.0 Å². The third-order valence-electron chi connectivity index (χ3n) is 6.22. The fraction of sp³-hybridized carbons (Fsp3) is 0.310. The Balaban J connectivity index is 1.92. The Labute approximate surface area is 232 Å². The number of nitrogens with one attached hydrogen (secondary N) is 1. The van der Waals surface area contributed by atoms with Crippen LogP contribution >= 0.6 is 11.6 Å². The molecular weight excluding hydrogens is 522 g/mol. The van der Waals surface area contributed by atoms with Crippen LogP contribution in [0.5, 0.6) is 11.5 Å². The van der Waals surface area contributed by atoms with Crippen LogP contribution in [0.1, 0.15) is 31.4 Å². The second-order valence-electron chi connectivity index (χ2n) is 9.05. The lowest BCUT2D eigenvalue weighted by Crippen LogP contribution is -2.53. The highest BCUT2D eigenvalue weighted by Gasteiger charge is 2.31. The average molecular weight is 554 g/mol. The van der Waals surface area contributed by atoms with Gasteiger partial charge in [0.05, 0.1) is 12.0 Å². The molecule has 206 valence electrons. The van der Waals surface area contributed by atoms with E-state index in [4.69, 9.17) is 21.1 Å². The summed E-state index contributed by atoms with van der Waals surface area (Å²) in [6.45, 7) is 3.60. The Hall–Kier alpha value is -4.11. The lowest BCUT2D eigenvalue weighted by atomic mass is 10.0. The number of amides is 2. The van der Waals surface area contributed by atoms with E-state index in [9.17, 15) is 19.7 Å². The fourth-order valence-electron chi connectivity index (χ4n) is 3.95. The average Bonchev–Trinajstić information content (AvgIpc) is 2.93. The van der Waals surface area contributed by atoms with Gasteiger partial charge in [-0.15, -0.1) is 0 Å². The summed E-state index contributed by atoms with van der Waals surface area (Å²) < 4.78 is 10.8. The van der Waals surface area contributed by atoms with Gasteiger partial charge in [0.2, 0.25) is 11.7 Å². The molecule has 0 radical (unpaired) electrons. The zero-order valence-corrected chi connectivity index (χ0v) is 22.9. The third kappa shape index (κ3) is 8.44. The molecule has 0 bridgehead atoms. The molecule has 0 saturated heterocycles. The minimum absolute atomic E-state index is 0.00983. The van der Waals surface area contributed by atoms with Crippen molar-refractivity contribution in [3.8, 4) is 11.5 Å². The summed E-state index contributed by atoms with van der Waals surface area (Å²) in [4.78, 5) is 39.3. The Morgan fingerprint density at radius 3 is 2.41 bits per heavy atom. The first-order valence-corrected chi connectivity index (χ1v) is 12.9. The van der Waals surface area contributed by atoms with Crippen LogP contribution in [0.4, 0.5) is 5.69 Å². The summed E-state index contributed by atoms with van der Waals surface area (Å²) in [6.07, 6.45) is 1.03. The third-order valence-corrected chi connectivity index (χ3v) is 6.46. The molecule has 0 aliphatic rings. The van der Waals surface area contributed by atoms with Gasteiger partial charge in [-0.25, -0.2) is 0 Å². The van der Waals surface area contributed by atoms with Gasteiger partial charge < -0.3 is 19.7 Å². The molecule has 0 saturated carbocycles. The number of carbonyl (C=O) groups excluding carboxylic acids is 2. The number of halogens is 1. The molecule has 10 heteroatoms. The van der Waals surface area contributed by atoms with E-state index in [1.807, 2.05) is 50.2 Å². The van der Waals surface area contributed by atoms with Crippen LogP contribution in [0, 0.1) is 10.1 Å². The molecule has 0 heterocycles. The molecule has 1 N–H and O–H groups in total. The van der Waals surface area contributed by atoms with Crippen LogP contribution < -0.4 is 14.8 Å². The van der Waals surface area contributed by atoms with Crippen LogP contribution in [0.25, 0.3) is 0 Å². The molecular formula is C29H32ClN3O6. The number of methoxy groups -OCH3 is 1. The van der Waals surface area contributed by atoms with E-state index in [1.165, 1.54) is 30.2 Å². The van der Waals surface area contributed by atoms with Crippen LogP contribution in [0.15, 0.2) is 72.8 Å². The van der Waals surface area contributed by atoms with E-state index in [2.05, 4.69) is 5.32 Å². The minimum Gasteiger partial charge on any atom is -0.490 e. The second-order valence-corrected chi connectivity index (χ2v) is 9.49. The van der Waals surface area contributed by atoms with Crippen LogP contribution in [-0.2, 0) is 22.6 Å². The summed E-state index contributed by atoms with van der Waals surface area (Å²) in [5, 5.41) is 14.7. The molecule has 0 spiro atoms. The molecule has 2 amide bonds. The molecule has 0 aliphatic carbocycles. The van der Waals surface area contributed by atoms with E-state index in [0.29, 0.717) is 11.4 Å². The number of benzene rings is 3. The lowest BCUT2D eigenvalue weighted by molar-refractivity contribution is -0.385. The first kappa shape index (κ1) is 29.4. The monoisotopic (exact) mass is 553 g/mol. The topological polar surface area (TPSA) is 111 Å². The molecule has 3 rings (SSSR count). The number of hydrogen-bond donors (Lipinski definition) is 1. The highest BCUT2D eigenvalue weighted by atomic mass is 35.5. The predicted octanol–water partition coefficient (Wildman–Crippen LogP) is 5.19.